The van der Waals surface area contributed by atoms with E-state index in [0.29, 0.717) is 19.5 Å². The molecule has 2 amide bonds. The Kier molecular flexibility index (Phi) is 7.16. The van der Waals surface area contributed by atoms with Gasteiger partial charge in [-0.05, 0) is 28.7 Å². The van der Waals surface area contributed by atoms with Gasteiger partial charge in [-0.1, -0.05) is 53.7 Å². The molecule has 2 aromatic carbocycles. The van der Waals surface area contributed by atoms with Crippen LogP contribution in [0.4, 0.5) is 4.79 Å². The molecule has 0 aliphatic heterocycles. The molecular weight excluding hydrogens is 438 g/mol. The largest absolute Gasteiger partial charge is 0.481 e. The number of nitrogens with zero attached hydrogens (tertiary/aromatic N) is 3. The summed E-state index contributed by atoms with van der Waals surface area (Å²) in [4.78, 5) is 36.2. The molecule has 1 aromatic heterocycles. The van der Waals surface area contributed by atoms with Crippen molar-refractivity contribution in [2.75, 3.05) is 13.2 Å². The van der Waals surface area contributed by atoms with E-state index in [1.54, 1.807) is 17.1 Å². The smallest absolute Gasteiger partial charge is 0.407 e. The van der Waals surface area contributed by atoms with E-state index in [9.17, 15) is 19.5 Å². The van der Waals surface area contributed by atoms with Crippen LogP contribution in [0.5, 0.6) is 0 Å². The minimum Gasteiger partial charge on any atom is -0.481 e. The summed E-state index contributed by atoms with van der Waals surface area (Å²) in [6, 6.07) is 14.6. The van der Waals surface area contributed by atoms with E-state index < -0.39 is 30.4 Å². The van der Waals surface area contributed by atoms with Crippen LogP contribution in [0.1, 0.15) is 29.9 Å². The molecule has 0 saturated heterocycles. The van der Waals surface area contributed by atoms with Crippen LogP contribution in [-0.4, -0.2) is 57.3 Å². The molecule has 1 heterocycles. The number of hydrogen-bond donors (Lipinski definition) is 3. The van der Waals surface area contributed by atoms with Crippen LogP contribution >= 0.6 is 0 Å². The second-order valence-corrected chi connectivity index (χ2v) is 7.93. The van der Waals surface area contributed by atoms with Gasteiger partial charge >= 0.3 is 12.1 Å². The Morgan fingerprint density at radius 1 is 1.06 bits per heavy atom. The van der Waals surface area contributed by atoms with E-state index in [2.05, 4.69) is 20.9 Å². The first-order valence-corrected chi connectivity index (χ1v) is 11.0. The van der Waals surface area contributed by atoms with Gasteiger partial charge in [0.2, 0.25) is 5.91 Å². The van der Waals surface area contributed by atoms with E-state index in [1.807, 2.05) is 48.5 Å². The summed E-state index contributed by atoms with van der Waals surface area (Å²) in [5.74, 6) is -1.93. The standard InChI is InChI=1S/C24H25N5O5/c30-22(31)14-21(23(32)25-10-5-12-29-13-11-26-28-29)27-24(33)34-15-20-18-8-3-1-6-16(18)17-7-2-4-9-19(17)20/h1-4,6-9,11,13,20-21H,5,10,12,14-15H2,(H,25,32)(H,27,33)(H,30,31). The molecule has 3 N–H and O–H groups in total. The molecule has 4 rings (SSSR count). The van der Waals surface area contributed by atoms with Gasteiger partial charge < -0.3 is 20.5 Å². The Bertz CT molecular complexity index is 1120. The number of rotatable bonds is 10. The number of fused-ring (bicyclic) bond motifs is 3. The summed E-state index contributed by atoms with van der Waals surface area (Å²) < 4.78 is 7.06. The molecule has 0 saturated carbocycles. The average Bonchev–Trinajstić information content (AvgIpc) is 3.46. The number of carboxylic acids is 1. The second-order valence-electron chi connectivity index (χ2n) is 7.93. The number of aryl methyl sites for hydroxylation is 1. The number of aromatic nitrogens is 3. The highest BCUT2D eigenvalue weighted by Crippen LogP contribution is 2.44. The Morgan fingerprint density at radius 2 is 1.74 bits per heavy atom. The van der Waals surface area contributed by atoms with E-state index in [4.69, 9.17) is 4.74 Å². The molecule has 1 unspecified atom stereocenters. The number of carbonyl (C=O) groups is 3. The number of benzene rings is 2. The minimum atomic E-state index is -1.25. The molecule has 1 atom stereocenters. The number of nitrogens with one attached hydrogen (secondary N) is 2. The highest BCUT2D eigenvalue weighted by atomic mass is 16.5. The fourth-order valence-electron chi connectivity index (χ4n) is 4.09. The van der Waals surface area contributed by atoms with Crippen LogP contribution in [0.25, 0.3) is 11.1 Å². The van der Waals surface area contributed by atoms with Gasteiger partial charge in [-0.2, -0.15) is 0 Å². The monoisotopic (exact) mass is 463 g/mol. The molecule has 1 aliphatic rings. The molecule has 1 aliphatic carbocycles. The van der Waals surface area contributed by atoms with Gasteiger partial charge in [-0.3, -0.25) is 14.3 Å². The van der Waals surface area contributed by atoms with Crippen LogP contribution in [-0.2, 0) is 20.9 Å². The third-order valence-electron chi connectivity index (χ3n) is 5.67. The fraction of sp³-hybridized carbons (Fsp3) is 0.292. The van der Waals surface area contributed by atoms with E-state index >= 15 is 0 Å². The molecule has 10 nitrogen and oxygen atoms in total. The molecule has 176 valence electrons. The highest BCUT2D eigenvalue weighted by Gasteiger charge is 2.30. The summed E-state index contributed by atoms with van der Waals surface area (Å²) in [5, 5.41) is 21.7. The van der Waals surface area contributed by atoms with Gasteiger partial charge in [0.05, 0.1) is 12.6 Å². The molecule has 0 radical (unpaired) electrons. The maximum atomic E-state index is 12.5. The Morgan fingerprint density at radius 3 is 2.35 bits per heavy atom. The zero-order chi connectivity index (χ0) is 23.9. The lowest BCUT2D eigenvalue weighted by atomic mass is 9.98. The van der Waals surface area contributed by atoms with Gasteiger partial charge in [-0.25, -0.2) is 4.79 Å². The number of alkyl carbamates (subject to hydrolysis) is 1. The molecule has 0 spiro atoms. The first-order valence-electron chi connectivity index (χ1n) is 11.0. The van der Waals surface area contributed by atoms with Crippen molar-refractivity contribution in [3.8, 4) is 11.1 Å². The summed E-state index contributed by atoms with van der Waals surface area (Å²) >= 11 is 0. The van der Waals surface area contributed by atoms with Crippen molar-refractivity contribution in [2.24, 2.45) is 0 Å². The van der Waals surface area contributed by atoms with E-state index in [-0.39, 0.29) is 12.5 Å². The summed E-state index contributed by atoms with van der Waals surface area (Å²) in [5.41, 5.74) is 4.31. The van der Waals surface area contributed by atoms with E-state index in [0.717, 1.165) is 22.3 Å². The Balaban J connectivity index is 1.32. The van der Waals surface area contributed by atoms with Crippen LogP contribution in [0.2, 0.25) is 0 Å². The zero-order valence-corrected chi connectivity index (χ0v) is 18.4. The molecule has 0 fully saturated rings. The van der Waals surface area contributed by atoms with Gasteiger partial charge in [0.15, 0.2) is 0 Å². The number of ether oxygens (including phenoxy) is 1. The third-order valence-corrected chi connectivity index (χ3v) is 5.67. The van der Waals surface area contributed by atoms with Gasteiger partial charge in [0.25, 0.3) is 0 Å². The van der Waals surface area contributed by atoms with E-state index in [1.165, 1.54) is 0 Å². The van der Waals surface area contributed by atoms with Crippen LogP contribution in [0.15, 0.2) is 60.9 Å². The molecule has 10 heteroatoms. The van der Waals surface area contributed by atoms with Crippen molar-refractivity contribution >= 4 is 18.0 Å². The summed E-state index contributed by atoms with van der Waals surface area (Å²) in [6.07, 6.45) is 2.43. The third kappa shape index (κ3) is 5.40. The lowest BCUT2D eigenvalue weighted by Crippen LogP contribution is -2.48. The minimum absolute atomic E-state index is 0.0686. The summed E-state index contributed by atoms with van der Waals surface area (Å²) in [7, 11) is 0. The number of amides is 2. The van der Waals surface area contributed by atoms with Crippen molar-refractivity contribution in [3.63, 3.8) is 0 Å². The van der Waals surface area contributed by atoms with Crippen molar-refractivity contribution in [1.29, 1.82) is 0 Å². The number of carbonyl (C=O) groups excluding carboxylic acids is 2. The topological polar surface area (TPSA) is 135 Å². The molecular formula is C24H25N5O5. The van der Waals surface area contributed by atoms with Gasteiger partial charge in [-0.15, -0.1) is 5.10 Å². The lowest BCUT2D eigenvalue weighted by molar-refractivity contribution is -0.139. The Hall–Kier alpha value is -4.21. The first-order chi connectivity index (χ1) is 16.5. The predicted molar refractivity (Wildman–Crippen MR) is 122 cm³/mol. The maximum absolute atomic E-state index is 12.5. The van der Waals surface area contributed by atoms with Crippen LogP contribution < -0.4 is 10.6 Å². The molecule has 0 bridgehead atoms. The zero-order valence-electron chi connectivity index (χ0n) is 18.4. The molecule has 34 heavy (non-hydrogen) atoms. The quantitative estimate of drug-likeness (QED) is 0.392. The van der Waals surface area contributed by atoms with Gasteiger partial charge in [0.1, 0.15) is 12.6 Å². The SMILES string of the molecule is O=C(O)CC(NC(=O)OCC1c2ccccc2-c2ccccc21)C(=O)NCCCn1ccnn1. The second kappa shape index (κ2) is 10.6. The van der Waals surface area contributed by atoms with Gasteiger partial charge in [0, 0.05) is 25.2 Å². The number of aliphatic carboxylic acids is 1. The van der Waals surface area contributed by atoms with Crippen molar-refractivity contribution in [3.05, 3.63) is 72.1 Å². The first kappa shape index (κ1) is 23.0. The van der Waals surface area contributed by atoms with Crippen LogP contribution in [0.3, 0.4) is 0 Å². The maximum Gasteiger partial charge on any atom is 0.407 e. The van der Waals surface area contributed by atoms with Crippen molar-refractivity contribution < 1.29 is 24.2 Å². The number of hydrogen-bond acceptors (Lipinski definition) is 6. The molecule has 3 aromatic rings. The average molecular weight is 463 g/mol. The Labute approximate surface area is 195 Å². The summed E-state index contributed by atoms with van der Waals surface area (Å²) in [6.45, 7) is 0.907. The normalized spacial score (nSPS) is 12.9. The number of carboxylic acid groups (broad SMARTS) is 1. The lowest BCUT2D eigenvalue weighted by Gasteiger charge is -2.18. The highest BCUT2D eigenvalue weighted by molar-refractivity contribution is 5.89. The van der Waals surface area contributed by atoms with Crippen molar-refractivity contribution in [2.45, 2.75) is 31.3 Å². The fourth-order valence-corrected chi connectivity index (χ4v) is 4.09. The van der Waals surface area contributed by atoms with Crippen molar-refractivity contribution in [1.82, 2.24) is 25.6 Å². The predicted octanol–water partition coefficient (Wildman–Crippen LogP) is 2.17. The van der Waals surface area contributed by atoms with Crippen LogP contribution in [0, 0.1) is 0 Å².